The highest BCUT2D eigenvalue weighted by atomic mass is 16.6. The molecule has 0 saturated heterocycles. The van der Waals surface area contributed by atoms with Crippen molar-refractivity contribution in [3.8, 4) is 0 Å². The zero-order valence-electron chi connectivity index (χ0n) is 14.3. The lowest BCUT2D eigenvalue weighted by atomic mass is 10.0. The molecular weight excluding hydrogens is 296 g/mol. The number of carbonyl (C=O) groups excluding carboxylic acids is 2. The number of carbonyl (C=O) groups is 2. The first-order chi connectivity index (χ1) is 10.9. The van der Waals surface area contributed by atoms with Crippen LogP contribution in [0, 0.1) is 0 Å². The molecule has 6 heteroatoms. The summed E-state index contributed by atoms with van der Waals surface area (Å²) >= 11 is 0. The first-order valence-electron chi connectivity index (χ1n) is 7.96. The Labute approximate surface area is 137 Å². The Balaban J connectivity index is 2.48. The lowest BCUT2D eigenvalue weighted by Crippen LogP contribution is -2.37. The number of nitrogens with one attached hydrogen (secondary N) is 1. The number of rotatable bonds is 9. The number of nitrogens with zero attached hydrogens (tertiary/aromatic N) is 1. The normalized spacial score (nSPS) is 11.1. The summed E-state index contributed by atoms with van der Waals surface area (Å²) in [6.45, 7) is 8.58. The molecule has 128 valence electrons. The highest BCUT2D eigenvalue weighted by Crippen LogP contribution is 2.19. The van der Waals surface area contributed by atoms with Gasteiger partial charge in [0.1, 0.15) is 12.1 Å². The summed E-state index contributed by atoms with van der Waals surface area (Å²) in [5, 5.41) is 2.55. The molecule has 6 nitrogen and oxygen atoms in total. The monoisotopic (exact) mass is 322 g/mol. The van der Waals surface area contributed by atoms with Crippen molar-refractivity contribution in [3.05, 3.63) is 29.6 Å². The summed E-state index contributed by atoms with van der Waals surface area (Å²) in [5.74, 6) is -0.794. The van der Waals surface area contributed by atoms with E-state index in [9.17, 15) is 9.59 Å². The maximum Gasteiger partial charge on any atom is 0.325 e. The third-order valence-corrected chi connectivity index (χ3v) is 3.79. The van der Waals surface area contributed by atoms with Crippen LogP contribution in [0.2, 0.25) is 0 Å². The molecule has 1 rings (SSSR count). The summed E-state index contributed by atoms with van der Waals surface area (Å²) < 4.78 is 10.6. The highest BCUT2D eigenvalue weighted by molar-refractivity contribution is 5.95. The zero-order valence-corrected chi connectivity index (χ0v) is 14.3. The van der Waals surface area contributed by atoms with Gasteiger partial charge in [-0.05, 0) is 38.8 Å². The first kappa shape index (κ1) is 19.1. The molecule has 0 aliphatic carbocycles. The predicted octanol–water partition coefficient (Wildman–Crippen LogP) is 2.47. The predicted molar refractivity (Wildman–Crippen MR) is 87.0 cm³/mol. The Bertz CT molecular complexity index is 510. The van der Waals surface area contributed by atoms with Crippen LogP contribution in [-0.4, -0.2) is 35.6 Å². The fraction of sp³-hybridized carbons (Fsp3) is 0.588. The van der Waals surface area contributed by atoms with Crippen molar-refractivity contribution in [3.63, 3.8) is 0 Å². The van der Waals surface area contributed by atoms with Gasteiger partial charge in [-0.25, -0.2) is 0 Å². The summed E-state index contributed by atoms with van der Waals surface area (Å²) in [6.07, 6.45) is 2.93. The number of hydrogen-bond donors (Lipinski definition) is 1. The van der Waals surface area contributed by atoms with Crippen molar-refractivity contribution >= 4 is 11.9 Å². The van der Waals surface area contributed by atoms with Gasteiger partial charge in [-0.15, -0.1) is 0 Å². The van der Waals surface area contributed by atoms with Gasteiger partial charge in [-0.2, -0.15) is 0 Å². The second kappa shape index (κ2) is 9.25. The summed E-state index contributed by atoms with van der Waals surface area (Å²) in [7, 11) is 0. The van der Waals surface area contributed by atoms with Crippen LogP contribution < -0.4 is 5.32 Å². The molecular formula is C17H26N2O4. The van der Waals surface area contributed by atoms with E-state index in [2.05, 4.69) is 10.3 Å². The van der Waals surface area contributed by atoms with Gasteiger partial charge in [-0.1, -0.05) is 13.8 Å². The van der Waals surface area contributed by atoms with Crippen molar-refractivity contribution in [2.45, 2.75) is 52.7 Å². The summed E-state index contributed by atoms with van der Waals surface area (Å²) in [5.41, 5.74) is 0.667. The van der Waals surface area contributed by atoms with Gasteiger partial charge in [0.25, 0.3) is 5.91 Å². The third kappa shape index (κ3) is 6.36. The number of hydrogen-bond acceptors (Lipinski definition) is 5. The second-order valence-corrected chi connectivity index (χ2v) is 5.49. The van der Waals surface area contributed by atoms with Crippen molar-refractivity contribution in [1.29, 1.82) is 0 Å². The average molecular weight is 322 g/mol. The Kier molecular flexibility index (Phi) is 7.68. The number of amides is 1. The quantitative estimate of drug-likeness (QED) is 0.707. The molecule has 0 aromatic carbocycles. The minimum absolute atomic E-state index is 0.158. The van der Waals surface area contributed by atoms with Crippen LogP contribution in [0.25, 0.3) is 0 Å². The summed E-state index contributed by atoms with van der Waals surface area (Å²) in [4.78, 5) is 28.0. The van der Waals surface area contributed by atoms with Gasteiger partial charge in [0, 0.05) is 12.8 Å². The minimum Gasteiger partial charge on any atom is -0.458 e. The molecule has 1 aromatic rings. The second-order valence-electron chi connectivity index (χ2n) is 5.49. The molecule has 0 unspecified atom stereocenters. The standard InChI is InChI=1S/C17H26N2O4/c1-5-17(4,6-2)23-15(20)11-19-16(21)13-8-9-14(18-10-13)12-22-7-3/h8-10H,5-7,11-12H2,1-4H3,(H,19,21). The smallest absolute Gasteiger partial charge is 0.325 e. The third-order valence-electron chi connectivity index (χ3n) is 3.79. The molecule has 0 aliphatic rings. The van der Waals surface area contributed by atoms with Gasteiger partial charge in [0.2, 0.25) is 0 Å². The molecule has 0 saturated carbocycles. The van der Waals surface area contributed by atoms with E-state index in [0.717, 1.165) is 18.5 Å². The molecule has 0 fully saturated rings. The number of ether oxygens (including phenoxy) is 2. The van der Waals surface area contributed by atoms with Crippen LogP contribution in [0.15, 0.2) is 18.3 Å². The maximum absolute atomic E-state index is 12.0. The van der Waals surface area contributed by atoms with E-state index in [1.165, 1.54) is 6.20 Å². The average Bonchev–Trinajstić information content (AvgIpc) is 2.58. The van der Waals surface area contributed by atoms with E-state index >= 15 is 0 Å². The number of aromatic nitrogens is 1. The highest BCUT2D eigenvalue weighted by Gasteiger charge is 2.24. The summed E-state index contributed by atoms with van der Waals surface area (Å²) in [6, 6.07) is 3.39. The van der Waals surface area contributed by atoms with Crippen LogP contribution >= 0.6 is 0 Å². The van der Waals surface area contributed by atoms with Gasteiger partial charge < -0.3 is 14.8 Å². The van der Waals surface area contributed by atoms with Gasteiger partial charge in [0.05, 0.1) is 17.9 Å². The van der Waals surface area contributed by atoms with Crippen LogP contribution in [0.3, 0.4) is 0 Å². The van der Waals surface area contributed by atoms with Crippen molar-refractivity contribution in [2.24, 2.45) is 0 Å². The molecule has 1 amide bonds. The topological polar surface area (TPSA) is 77.5 Å². The number of pyridine rings is 1. The molecule has 1 aromatic heterocycles. The van der Waals surface area contributed by atoms with E-state index in [-0.39, 0.29) is 12.5 Å². The van der Waals surface area contributed by atoms with Crippen LogP contribution in [-0.2, 0) is 20.9 Å². The van der Waals surface area contributed by atoms with Crippen molar-refractivity contribution in [2.75, 3.05) is 13.2 Å². The maximum atomic E-state index is 12.0. The van der Waals surface area contributed by atoms with E-state index in [0.29, 0.717) is 18.8 Å². The van der Waals surface area contributed by atoms with E-state index in [1.807, 2.05) is 27.7 Å². The van der Waals surface area contributed by atoms with E-state index in [4.69, 9.17) is 9.47 Å². The van der Waals surface area contributed by atoms with Gasteiger partial charge >= 0.3 is 5.97 Å². The van der Waals surface area contributed by atoms with Crippen molar-refractivity contribution in [1.82, 2.24) is 10.3 Å². The zero-order chi connectivity index (χ0) is 17.3. The van der Waals surface area contributed by atoms with E-state index < -0.39 is 11.6 Å². The molecule has 23 heavy (non-hydrogen) atoms. The van der Waals surface area contributed by atoms with E-state index in [1.54, 1.807) is 12.1 Å². The van der Waals surface area contributed by atoms with Crippen LogP contribution in [0.5, 0.6) is 0 Å². The first-order valence-corrected chi connectivity index (χ1v) is 7.96. The molecule has 0 spiro atoms. The van der Waals surface area contributed by atoms with Crippen molar-refractivity contribution < 1.29 is 19.1 Å². The molecule has 1 N–H and O–H groups in total. The SMILES string of the molecule is CCOCc1ccc(C(=O)NCC(=O)OC(C)(CC)CC)cn1. The van der Waals surface area contributed by atoms with Gasteiger partial charge in [0.15, 0.2) is 0 Å². The Morgan fingerprint density at radius 3 is 2.43 bits per heavy atom. The van der Waals surface area contributed by atoms with Crippen LogP contribution in [0.4, 0.5) is 0 Å². The Hall–Kier alpha value is -1.95. The molecule has 1 heterocycles. The molecule has 0 atom stereocenters. The molecule has 0 bridgehead atoms. The van der Waals surface area contributed by atoms with Gasteiger partial charge in [-0.3, -0.25) is 14.6 Å². The minimum atomic E-state index is -0.482. The molecule has 0 aliphatic heterocycles. The molecule has 0 radical (unpaired) electrons. The Morgan fingerprint density at radius 1 is 1.22 bits per heavy atom. The fourth-order valence-electron chi connectivity index (χ4n) is 1.81. The Morgan fingerprint density at radius 2 is 1.91 bits per heavy atom. The fourth-order valence-corrected chi connectivity index (χ4v) is 1.81. The lowest BCUT2D eigenvalue weighted by Gasteiger charge is -2.26. The largest absolute Gasteiger partial charge is 0.458 e. The number of esters is 1. The lowest BCUT2D eigenvalue weighted by molar-refractivity contribution is -0.157. The van der Waals surface area contributed by atoms with Crippen LogP contribution in [0.1, 0.15) is 56.6 Å².